The maximum absolute atomic E-state index is 12.3. The van der Waals surface area contributed by atoms with Gasteiger partial charge in [0.15, 0.2) is 0 Å². The van der Waals surface area contributed by atoms with Crippen LogP contribution in [0.25, 0.3) is 10.8 Å². The second-order valence-electron chi connectivity index (χ2n) is 6.12. The second-order valence-corrected chi connectivity index (χ2v) is 6.12. The number of benzene rings is 1. The summed E-state index contributed by atoms with van der Waals surface area (Å²) in [4.78, 5) is 24.5. The molecule has 0 saturated carbocycles. The highest BCUT2D eigenvalue weighted by Crippen LogP contribution is 2.19. The van der Waals surface area contributed by atoms with Gasteiger partial charge in [0.2, 0.25) is 0 Å². The molecule has 2 amide bonds. The van der Waals surface area contributed by atoms with E-state index in [1.807, 2.05) is 37.3 Å². The first-order valence-electron chi connectivity index (χ1n) is 8.23. The third-order valence-electron chi connectivity index (χ3n) is 4.12. The van der Waals surface area contributed by atoms with Gasteiger partial charge < -0.3 is 19.6 Å². The van der Waals surface area contributed by atoms with Crippen molar-refractivity contribution in [2.45, 2.75) is 25.8 Å². The molecule has 3 rings (SSSR count). The first-order valence-corrected chi connectivity index (χ1v) is 8.23. The maximum Gasteiger partial charge on any atom is 0.319 e. The number of carbonyl (C=O) groups excluding carboxylic acids is 1. The average molecular weight is 339 g/mol. The van der Waals surface area contributed by atoms with Crippen LogP contribution in [0.15, 0.2) is 58.1 Å². The topological polar surface area (TPSA) is 76.3 Å². The molecular weight excluding hydrogens is 318 g/mol. The minimum absolute atomic E-state index is 0.0103. The van der Waals surface area contributed by atoms with E-state index in [0.717, 1.165) is 24.0 Å². The molecule has 2 heterocycles. The molecule has 2 N–H and O–H groups in total. The fourth-order valence-corrected chi connectivity index (χ4v) is 2.78. The van der Waals surface area contributed by atoms with E-state index in [0.29, 0.717) is 11.1 Å². The Morgan fingerprint density at radius 3 is 2.68 bits per heavy atom. The third-order valence-corrected chi connectivity index (χ3v) is 4.12. The molecule has 0 spiro atoms. The first kappa shape index (κ1) is 16.8. The molecule has 0 aliphatic heterocycles. The molecule has 1 aromatic carbocycles. The number of hydrogen-bond acceptors (Lipinski definition) is 3. The van der Waals surface area contributed by atoms with Crippen LogP contribution in [-0.4, -0.2) is 16.6 Å². The lowest BCUT2D eigenvalue weighted by atomic mass is 10.1. The summed E-state index contributed by atoms with van der Waals surface area (Å²) in [6.45, 7) is 1.95. The van der Waals surface area contributed by atoms with E-state index in [9.17, 15) is 9.59 Å². The van der Waals surface area contributed by atoms with Crippen molar-refractivity contribution in [1.29, 1.82) is 0 Å². The van der Waals surface area contributed by atoms with E-state index >= 15 is 0 Å². The molecular formula is C19H21N3O3. The number of rotatable bonds is 5. The molecule has 0 aliphatic carbocycles. The lowest BCUT2D eigenvalue weighted by molar-refractivity contribution is 0.248. The number of fused-ring (bicyclic) bond motifs is 1. The van der Waals surface area contributed by atoms with Gasteiger partial charge in [0.05, 0.1) is 12.0 Å². The van der Waals surface area contributed by atoms with Crippen LogP contribution in [0.1, 0.15) is 19.1 Å². The van der Waals surface area contributed by atoms with Crippen LogP contribution in [0.3, 0.4) is 0 Å². The molecule has 6 nitrogen and oxygen atoms in total. The zero-order valence-electron chi connectivity index (χ0n) is 14.3. The Balaban J connectivity index is 1.67. The van der Waals surface area contributed by atoms with Crippen molar-refractivity contribution in [3.05, 3.63) is 65.0 Å². The van der Waals surface area contributed by atoms with Gasteiger partial charge in [-0.25, -0.2) is 4.79 Å². The number of amides is 2. The Bertz CT molecular complexity index is 929. The fraction of sp³-hybridized carbons (Fsp3) is 0.263. The maximum atomic E-state index is 12.3. The lowest BCUT2D eigenvalue weighted by Gasteiger charge is -2.15. The monoisotopic (exact) mass is 339 g/mol. The Labute approximate surface area is 145 Å². The van der Waals surface area contributed by atoms with Crippen molar-refractivity contribution in [2.75, 3.05) is 5.32 Å². The Morgan fingerprint density at radius 1 is 1.20 bits per heavy atom. The number of furan rings is 1. The summed E-state index contributed by atoms with van der Waals surface area (Å²) in [5, 5.41) is 7.06. The van der Waals surface area contributed by atoms with E-state index in [-0.39, 0.29) is 17.6 Å². The molecule has 1 atom stereocenters. The van der Waals surface area contributed by atoms with Crippen molar-refractivity contribution >= 4 is 22.5 Å². The number of aryl methyl sites for hydroxylation is 2. The number of nitrogens with one attached hydrogen (secondary N) is 2. The van der Waals surface area contributed by atoms with Crippen molar-refractivity contribution in [1.82, 2.24) is 9.88 Å². The summed E-state index contributed by atoms with van der Waals surface area (Å²) in [6, 6.07) is 10.7. The Hall–Kier alpha value is -3.02. The normalized spacial score (nSPS) is 12.1. The van der Waals surface area contributed by atoms with Crippen molar-refractivity contribution in [2.24, 2.45) is 7.05 Å². The number of aromatic nitrogens is 1. The Morgan fingerprint density at radius 2 is 1.96 bits per heavy atom. The smallest absolute Gasteiger partial charge is 0.319 e. The molecule has 0 unspecified atom stereocenters. The fourth-order valence-electron chi connectivity index (χ4n) is 2.78. The molecule has 3 aromatic rings. The van der Waals surface area contributed by atoms with Gasteiger partial charge in [-0.1, -0.05) is 18.2 Å². The van der Waals surface area contributed by atoms with E-state index in [4.69, 9.17) is 4.42 Å². The number of nitrogens with zero attached hydrogens (tertiary/aromatic N) is 1. The van der Waals surface area contributed by atoms with Gasteiger partial charge in [-0.15, -0.1) is 0 Å². The summed E-state index contributed by atoms with van der Waals surface area (Å²) in [5.41, 5.74) is 0.516. The Kier molecular flexibility index (Phi) is 4.88. The highest BCUT2D eigenvalue weighted by molar-refractivity contribution is 6.00. The summed E-state index contributed by atoms with van der Waals surface area (Å²) < 4.78 is 6.77. The molecule has 0 fully saturated rings. The van der Waals surface area contributed by atoms with E-state index in [1.54, 1.807) is 25.6 Å². The van der Waals surface area contributed by atoms with Crippen LogP contribution in [0.5, 0.6) is 0 Å². The van der Waals surface area contributed by atoms with Gasteiger partial charge in [0, 0.05) is 36.5 Å². The van der Waals surface area contributed by atoms with Crippen LogP contribution in [-0.2, 0) is 13.5 Å². The van der Waals surface area contributed by atoms with Crippen LogP contribution in [0.2, 0.25) is 0 Å². The number of pyridine rings is 1. The summed E-state index contributed by atoms with van der Waals surface area (Å²) >= 11 is 0. The van der Waals surface area contributed by atoms with Gasteiger partial charge in [0.25, 0.3) is 5.56 Å². The summed E-state index contributed by atoms with van der Waals surface area (Å²) in [5.74, 6) is 0.901. The molecule has 0 bridgehead atoms. The minimum Gasteiger partial charge on any atom is -0.469 e. The van der Waals surface area contributed by atoms with Crippen LogP contribution in [0.4, 0.5) is 10.5 Å². The van der Waals surface area contributed by atoms with Gasteiger partial charge >= 0.3 is 6.03 Å². The molecule has 0 radical (unpaired) electrons. The average Bonchev–Trinajstić information content (AvgIpc) is 3.11. The first-order chi connectivity index (χ1) is 12.0. The van der Waals surface area contributed by atoms with E-state index in [2.05, 4.69) is 10.6 Å². The van der Waals surface area contributed by atoms with Crippen LogP contribution < -0.4 is 16.2 Å². The molecule has 6 heteroatoms. The van der Waals surface area contributed by atoms with E-state index in [1.165, 1.54) is 4.57 Å². The predicted octanol–water partition coefficient (Wildman–Crippen LogP) is 3.27. The number of urea groups is 1. The zero-order valence-corrected chi connectivity index (χ0v) is 14.3. The standard InChI is InChI=1S/C19H21N3O3/c1-13(9-10-14-6-5-11-25-14)20-19(24)21-17-12-22(2)18(23)16-8-4-3-7-15(16)17/h3-8,11-13H,9-10H2,1-2H3,(H2,20,21,24)/t13-/m1/s1. The van der Waals surface area contributed by atoms with Gasteiger partial charge in [-0.2, -0.15) is 0 Å². The van der Waals surface area contributed by atoms with E-state index < -0.39 is 0 Å². The second kappa shape index (κ2) is 7.25. The molecule has 25 heavy (non-hydrogen) atoms. The highest BCUT2D eigenvalue weighted by atomic mass is 16.3. The number of hydrogen-bond donors (Lipinski definition) is 2. The number of anilines is 1. The molecule has 130 valence electrons. The van der Waals surface area contributed by atoms with Gasteiger partial charge in [0.1, 0.15) is 5.76 Å². The number of carbonyl (C=O) groups is 1. The summed E-state index contributed by atoms with van der Waals surface area (Å²) in [6.07, 6.45) is 4.81. The largest absolute Gasteiger partial charge is 0.469 e. The quantitative estimate of drug-likeness (QED) is 0.749. The molecule has 0 aliphatic rings. The van der Waals surface area contributed by atoms with Crippen LogP contribution >= 0.6 is 0 Å². The third kappa shape index (κ3) is 3.91. The summed E-state index contributed by atoms with van der Waals surface area (Å²) in [7, 11) is 1.67. The lowest BCUT2D eigenvalue weighted by Crippen LogP contribution is -2.36. The van der Waals surface area contributed by atoms with Gasteiger partial charge in [-0.05, 0) is 31.5 Å². The molecule has 2 aromatic heterocycles. The van der Waals surface area contributed by atoms with Crippen molar-refractivity contribution < 1.29 is 9.21 Å². The SMILES string of the molecule is C[C@H](CCc1ccco1)NC(=O)Nc1cn(C)c(=O)c2ccccc12. The molecule has 0 saturated heterocycles. The highest BCUT2D eigenvalue weighted by Gasteiger charge is 2.12. The van der Waals surface area contributed by atoms with Crippen LogP contribution in [0, 0.1) is 0 Å². The zero-order chi connectivity index (χ0) is 17.8. The van der Waals surface area contributed by atoms with Crippen molar-refractivity contribution in [3.63, 3.8) is 0 Å². The van der Waals surface area contributed by atoms with Crippen molar-refractivity contribution in [3.8, 4) is 0 Å². The predicted molar refractivity (Wildman–Crippen MR) is 97.8 cm³/mol. The van der Waals surface area contributed by atoms with Gasteiger partial charge in [-0.3, -0.25) is 4.79 Å². The minimum atomic E-state index is -0.296.